The maximum atomic E-state index is 14.0. The molecular weight excluding hydrogens is 508 g/mol. The van der Waals surface area contributed by atoms with E-state index >= 15 is 0 Å². The number of amides is 1. The van der Waals surface area contributed by atoms with Crippen molar-refractivity contribution in [3.63, 3.8) is 0 Å². The normalized spacial score (nSPS) is 15.3. The number of carbonyl (C=O) groups is 2. The predicted octanol–water partition coefficient (Wildman–Crippen LogP) is 6.15. The number of benzene rings is 3. The lowest BCUT2D eigenvalue weighted by Crippen LogP contribution is -2.38. The van der Waals surface area contributed by atoms with Gasteiger partial charge in [-0.1, -0.05) is 56.3 Å². The number of hydrogen-bond acceptors (Lipinski definition) is 7. The van der Waals surface area contributed by atoms with Crippen molar-refractivity contribution < 1.29 is 28.6 Å². The van der Waals surface area contributed by atoms with Crippen LogP contribution in [0.4, 0.5) is 0 Å². The molecule has 1 aromatic heterocycles. The summed E-state index contributed by atoms with van der Waals surface area (Å²) in [5, 5.41) is 11.8. The van der Waals surface area contributed by atoms with Gasteiger partial charge in [-0.25, -0.2) is 0 Å². The first-order valence-electron chi connectivity index (χ1n) is 13.4. The molecule has 5 rings (SSSR count). The molecule has 3 aromatic carbocycles. The summed E-state index contributed by atoms with van der Waals surface area (Å²) in [6.45, 7) is 6.65. The van der Waals surface area contributed by atoms with E-state index < -0.39 is 23.5 Å². The van der Waals surface area contributed by atoms with Crippen LogP contribution in [-0.4, -0.2) is 59.9 Å². The number of hydrogen-bond donors (Lipinski definition) is 1. The molecular formula is C32H32N2O6. The van der Waals surface area contributed by atoms with E-state index in [-0.39, 0.29) is 11.3 Å². The third kappa shape index (κ3) is 5.18. The number of methoxy groups -OCH3 is 1. The maximum absolute atomic E-state index is 14.0. The second kappa shape index (κ2) is 11.7. The Hall–Kier alpha value is -4.56. The number of fused-ring (bicyclic) bond motifs is 1. The van der Waals surface area contributed by atoms with Crippen molar-refractivity contribution in [1.82, 2.24) is 9.80 Å². The molecule has 1 aliphatic rings. The highest BCUT2D eigenvalue weighted by molar-refractivity contribution is 6.16. The summed E-state index contributed by atoms with van der Waals surface area (Å²) in [5.74, 6) is -0.0201. The van der Waals surface area contributed by atoms with Crippen LogP contribution in [0.15, 0.2) is 94.6 Å². The van der Waals surface area contributed by atoms with Crippen LogP contribution in [-0.2, 0) is 4.79 Å². The molecule has 1 atom stereocenters. The molecule has 0 saturated heterocycles. The number of aliphatic hydroxyl groups is 1. The van der Waals surface area contributed by atoms with Gasteiger partial charge in [-0.15, -0.1) is 0 Å². The fourth-order valence-electron chi connectivity index (χ4n) is 5.07. The minimum atomic E-state index is -0.829. The summed E-state index contributed by atoms with van der Waals surface area (Å²) < 4.78 is 17.3. The van der Waals surface area contributed by atoms with Crippen LogP contribution in [0.3, 0.4) is 0 Å². The van der Waals surface area contributed by atoms with Crippen molar-refractivity contribution >= 4 is 22.7 Å². The van der Waals surface area contributed by atoms with E-state index in [4.69, 9.17) is 13.9 Å². The van der Waals surface area contributed by atoms with E-state index in [0.717, 1.165) is 13.1 Å². The number of aliphatic hydroxyl groups excluding tert-OH is 1. The molecule has 1 N–H and O–H groups in total. The Kier molecular flexibility index (Phi) is 7.89. The lowest BCUT2D eigenvalue weighted by Gasteiger charge is -2.29. The monoisotopic (exact) mass is 540 g/mol. The highest BCUT2D eigenvalue weighted by Gasteiger charge is 2.44. The second-order valence-corrected chi connectivity index (χ2v) is 9.50. The van der Waals surface area contributed by atoms with Gasteiger partial charge < -0.3 is 28.8 Å². The van der Waals surface area contributed by atoms with Crippen molar-refractivity contribution in [2.75, 3.05) is 33.3 Å². The molecule has 0 fully saturated rings. The molecule has 8 nitrogen and oxygen atoms in total. The molecule has 8 heteroatoms. The number of ketones is 1. The van der Waals surface area contributed by atoms with Gasteiger partial charge in [0.05, 0.1) is 18.7 Å². The lowest BCUT2D eigenvalue weighted by molar-refractivity contribution is -0.129. The van der Waals surface area contributed by atoms with Crippen LogP contribution in [0, 0.1) is 0 Å². The SMILES string of the molecule is CCN(CC)CCN1C(=O)C(O)=C(C(=O)c2cc3cccc(OC)c3o2)C1c1cccc(Oc2ccccc2)c1. The summed E-state index contributed by atoms with van der Waals surface area (Å²) in [6, 6.07) is 22.7. The van der Waals surface area contributed by atoms with Gasteiger partial charge in [-0.2, -0.15) is 0 Å². The average Bonchev–Trinajstić information content (AvgIpc) is 3.53. The van der Waals surface area contributed by atoms with Crippen LogP contribution >= 0.6 is 0 Å². The number of Topliss-reactive ketones (excluding diaryl/α,β-unsaturated/α-hetero) is 1. The van der Waals surface area contributed by atoms with Gasteiger partial charge in [-0.3, -0.25) is 9.59 Å². The Morgan fingerprint density at radius 1 is 0.975 bits per heavy atom. The molecule has 206 valence electrons. The zero-order valence-electron chi connectivity index (χ0n) is 22.8. The molecule has 4 aromatic rings. The van der Waals surface area contributed by atoms with E-state index in [2.05, 4.69) is 18.7 Å². The van der Waals surface area contributed by atoms with Crippen molar-refractivity contribution in [3.05, 3.63) is 102 Å². The summed E-state index contributed by atoms with van der Waals surface area (Å²) in [5.41, 5.74) is 1.04. The molecule has 40 heavy (non-hydrogen) atoms. The van der Waals surface area contributed by atoms with Crippen molar-refractivity contribution in [2.45, 2.75) is 19.9 Å². The number of rotatable bonds is 11. The standard InChI is InChI=1S/C32H32N2O6/c1-4-33(5-2)17-18-34-28(21-11-9-15-24(19-21)39-23-13-7-6-8-14-23)27(30(36)32(34)37)29(35)26-20-22-12-10-16-25(38-3)31(22)40-26/h6-16,19-20,28,36H,4-5,17-18H2,1-3H3. The van der Waals surface area contributed by atoms with Gasteiger partial charge in [-0.05, 0) is 55.1 Å². The van der Waals surface area contributed by atoms with Gasteiger partial charge >= 0.3 is 0 Å². The van der Waals surface area contributed by atoms with Crippen molar-refractivity contribution in [2.24, 2.45) is 0 Å². The van der Waals surface area contributed by atoms with E-state index in [0.29, 0.717) is 46.9 Å². The van der Waals surface area contributed by atoms with E-state index in [1.807, 2.05) is 54.6 Å². The Labute approximate surface area is 233 Å². The molecule has 0 saturated carbocycles. The number of para-hydroxylation sites is 2. The molecule has 1 aliphatic heterocycles. The van der Waals surface area contributed by atoms with Crippen LogP contribution in [0.5, 0.6) is 17.2 Å². The van der Waals surface area contributed by atoms with Gasteiger partial charge in [0, 0.05) is 18.5 Å². The summed E-state index contributed by atoms with van der Waals surface area (Å²) in [4.78, 5) is 31.1. The number of ether oxygens (including phenoxy) is 2. The topological polar surface area (TPSA) is 92.5 Å². The summed E-state index contributed by atoms with van der Waals surface area (Å²) in [6.07, 6.45) is 0. The summed E-state index contributed by atoms with van der Waals surface area (Å²) >= 11 is 0. The number of furan rings is 1. The molecule has 1 amide bonds. The largest absolute Gasteiger partial charge is 0.503 e. The Morgan fingerprint density at radius 3 is 2.42 bits per heavy atom. The fraction of sp³-hybridized carbons (Fsp3) is 0.250. The van der Waals surface area contributed by atoms with Gasteiger partial charge in [0.15, 0.2) is 22.9 Å². The predicted molar refractivity (Wildman–Crippen MR) is 152 cm³/mol. The fourth-order valence-corrected chi connectivity index (χ4v) is 5.07. The molecule has 0 radical (unpaired) electrons. The third-order valence-corrected chi connectivity index (χ3v) is 7.20. The smallest absolute Gasteiger partial charge is 0.290 e. The van der Waals surface area contributed by atoms with Crippen LogP contribution in [0.25, 0.3) is 11.0 Å². The number of likely N-dealkylation sites (N-methyl/N-ethyl adjacent to an activating group) is 1. The van der Waals surface area contributed by atoms with Gasteiger partial charge in [0.2, 0.25) is 5.78 Å². The number of carbonyl (C=O) groups excluding carboxylic acids is 2. The second-order valence-electron chi connectivity index (χ2n) is 9.50. The first kappa shape index (κ1) is 27.0. The van der Waals surface area contributed by atoms with Gasteiger partial charge in [0.25, 0.3) is 5.91 Å². The molecule has 1 unspecified atom stereocenters. The zero-order chi connectivity index (χ0) is 28.2. The van der Waals surface area contributed by atoms with Gasteiger partial charge in [0.1, 0.15) is 11.5 Å². The molecule has 0 bridgehead atoms. The quantitative estimate of drug-likeness (QED) is 0.228. The Bertz CT molecular complexity index is 1550. The molecule has 0 spiro atoms. The van der Waals surface area contributed by atoms with E-state index in [1.165, 1.54) is 7.11 Å². The maximum Gasteiger partial charge on any atom is 0.290 e. The molecule has 2 heterocycles. The highest BCUT2D eigenvalue weighted by atomic mass is 16.5. The first-order valence-corrected chi connectivity index (χ1v) is 13.4. The van der Waals surface area contributed by atoms with E-state index in [1.54, 1.807) is 29.2 Å². The van der Waals surface area contributed by atoms with Crippen molar-refractivity contribution in [3.8, 4) is 17.2 Å². The Morgan fingerprint density at radius 2 is 1.70 bits per heavy atom. The van der Waals surface area contributed by atoms with Crippen LogP contribution < -0.4 is 9.47 Å². The minimum absolute atomic E-state index is 0.0149. The Balaban J connectivity index is 1.55. The number of nitrogens with zero attached hydrogens (tertiary/aromatic N) is 2. The lowest BCUT2D eigenvalue weighted by atomic mass is 9.94. The zero-order valence-corrected chi connectivity index (χ0v) is 22.8. The average molecular weight is 541 g/mol. The molecule has 0 aliphatic carbocycles. The minimum Gasteiger partial charge on any atom is -0.503 e. The first-order chi connectivity index (χ1) is 19.4. The van der Waals surface area contributed by atoms with Crippen LogP contribution in [0.2, 0.25) is 0 Å². The summed E-state index contributed by atoms with van der Waals surface area (Å²) in [7, 11) is 1.52. The third-order valence-electron chi connectivity index (χ3n) is 7.20. The highest BCUT2D eigenvalue weighted by Crippen LogP contribution is 2.41. The van der Waals surface area contributed by atoms with Crippen LogP contribution in [0.1, 0.15) is 36.0 Å². The van der Waals surface area contributed by atoms with Crippen molar-refractivity contribution in [1.29, 1.82) is 0 Å². The van der Waals surface area contributed by atoms with E-state index in [9.17, 15) is 14.7 Å².